The zero-order valence-electron chi connectivity index (χ0n) is 11.4. The highest BCUT2D eigenvalue weighted by Crippen LogP contribution is 2.42. The first-order valence-electron chi connectivity index (χ1n) is 6.77. The predicted molar refractivity (Wildman–Crippen MR) is 71.5 cm³/mol. The fraction of sp³-hybridized carbons (Fsp3) is 0.600. The van der Waals surface area contributed by atoms with E-state index in [1.807, 2.05) is 0 Å². The summed E-state index contributed by atoms with van der Waals surface area (Å²) >= 11 is 0. The lowest BCUT2D eigenvalue weighted by atomic mass is 9.85. The molecule has 0 radical (unpaired) electrons. The minimum absolute atomic E-state index is 0.0880. The summed E-state index contributed by atoms with van der Waals surface area (Å²) in [6.45, 7) is 9.02. The van der Waals surface area contributed by atoms with Crippen LogP contribution < -0.4 is 14.8 Å². The Hall–Kier alpha value is -1.22. The molecule has 2 heterocycles. The summed E-state index contributed by atoms with van der Waals surface area (Å²) in [5, 5.41) is 3.63. The molecule has 1 atom stereocenters. The second-order valence-electron chi connectivity index (χ2n) is 5.56. The fourth-order valence-corrected chi connectivity index (χ4v) is 3.14. The Labute approximate surface area is 108 Å². The Kier molecular flexibility index (Phi) is 2.74. The van der Waals surface area contributed by atoms with Gasteiger partial charge in [-0.3, -0.25) is 0 Å². The number of benzene rings is 1. The largest absolute Gasteiger partial charge is 0.486 e. The number of nitrogens with one attached hydrogen (secondary N) is 1. The van der Waals surface area contributed by atoms with Gasteiger partial charge >= 0.3 is 0 Å². The Morgan fingerprint density at radius 3 is 2.67 bits per heavy atom. The van der Waals surface area contributed by atoms with Gasteiger partial charge in [0.05, 0.1) is 0 Å². The zero-order chi connectivity index (χ0) is 12.8. The molecule has 1 fully saturated rings. The van der Waals surface area contributed by atoms with Crippen LogP contribution in [0, 0.1) is 13.8 Å². The standard InChI is InChI=1S/C15H21NO2/c1-10-11(2)14-13(17-7-8-18-14)9-12(10)15(3)5-4-6-16-15/h9,16H,4-8H2,1-3H3. The highest BCUT2D eigenvalue weighted by Gasteiger charge is 2.33. The number of rotatable bonds is 1. The minimum Gasteiger partial charge on any atom is -0.486 e. The lowest BCUT2D eigenvalue weighted by Crippen LogP contribution is -2.34. The first-order chi connectivity index (χ1) is 8.62. The summed E-state index contributed by atoms with van der Waals surface area (Å²) in [7, 11) is 0. The molecule has 0 bridgehead atoms. The summed E-state index contributed by atoms with van der Waals surface area (Å²) in [4.78, 5) is 0. The minimum atomic E-state index is 0.0880. The summed E-state index contributed by atoms with van der Waals surface area (Å²) in [5.74, 6) is 1.85. The molecule has 2 aliphatic heterocycles. The van der Waals surface area contributed by atoms with Gasteiger partial charge in [-0.25, -0.2) is 0 Å². The van der Waals surface area contributed by atoms with Gasteiger partial charge in [0, 0.05) is 5.54 Å². The number of ether oxygens (including phenoxy) is 2. The molecule has 3 heteroatoms. The molecule has 0 saturated carbocycles. The van der Waals surface area contributed by atoms with Crippen molar-refractivity contribution in [3.8, 4) is 11.5 Å². The molecule has 1 aromatic carbocycles. The molecule has 18 heavy (non-hydrogen) atoms. The Morgan fingerprint density at radius 2 is 1.94 bits per heavy atom. The van der Waals surface area contributed by atoms with Crippen LogP contribution in [0.5, 0.6) is 11.5 Å². The van der Waals surface area contributed by atoms with E-state index in [1.54, 1.807) is 0 Å². The zero-order valence-corrected chi connectivity index (χ0v) is 11.4. The molecule has 1 unspecified atom stereocenters. The van der Waals surface area contributed by atoms with Crippen LogP contribution in [0.2, 0.25) is 0 Å². The van der Waals surface area contributed by atoms with Crippen LogP contribution in [0.3, 0.4) is 0 Å². The van der Waals surface area contributed by atoms with Crippen molar-refractivity contribution < 1.29 is 9.47 Å². The molecule has 0 spiro atoms. The fourth-order valence-electron chi connectivity index (χ4n) is 3.14. The average Bonchev–Trinajstić information content (AvgIpc) is 2.82. The average molecular weight is 247 g/mol. The van der Waals surface area contributed by atoms with Crippen LogP contribution in [0.15, 0.2) is 6.07 Å². The normalized spacial score (nSPS) is 26.4. The molecule has 3 nitrogen and oxygen atoms in total. The molecule has 3 rings (SSSR count). The van der Waals surface area contributed by atoms with Crippen molar-refractivity contribution in [1.29, 1.82) is 0 Å². The topological polar surface area (TPSA) is 30.5 Å². The second-order valence-corrected chi connectivity index (χ2v) is 5.56. The van der Waals surface area contributed by atoms with Gasteiger partial charge < -0.3 is 14.8 Å². The van der Waals surface area contributed by atoms with E-state index in [4.69, 9.17) is 9.47 Å². The summed E-state index contributed by atoms with van der Waals surface area (Å²) in [5.41, 5.74) is 4.00. The smallest absolute Gasteiger partial charge is 0.164 e. The summed E-state index contributed by atoms with van der Waals surface area (Å²) < 4.78 is 11.5. The van der Waals surface area contributed by atoms with Crippen molar-refractivity contribution in [2.45, 2.75) is 39.2 Å². The Morgan fingerprint density at radius 1 is 1.17 bits per heavy atom. The lowest BCUT2D eigenvalue weighted by molar-refractivity contribution is 0.169. The molecular weight excluding hydrogens is 226 g/mol. The van der Waals surface area contributed by atoms with E-state index in [9.17, 15) is 0 Å². The molecule has 0 aromatic heterocycles. The first kappa shape index (κ1) is 11.8. The Balaban J connectivity index is 2.13. The van der Waals surface area contributed by atoms with E-state index in [1.165, 1.54) is 29.5 Å². The van der Waals surface area contributed by atoms with Gasteiger partial charge in [-0.05, 0) is 62.9 Å². The van der Waals surface area contributed by atoms with E-state index in [0.29, 0.717) is 13.2 Å². The molecule has 1 saturated heterocycles. The van der Waals surface area contributed by atoms with Gasteiger partial charge in [0.2, 0.25) is 0 Å². The summed E-state index contributed by atoms with van der Waals surface area (Å²) in [6.07, 6.45) is 2.43. The molecule has 2 aliphatic rings. The maximum atomic E-state index is 5.75. The number of fused-ring (bicyclic) bond motifs is 1. The maximum Gasteiger partial charge on any atom is 0.164 e. The van der Waals surface area contributed by atoms with Gasteiger partial charge in [0.15, 0.2) is 11.5 Å². The summed E-state index contributed by atoms with van der Waals surface area (Å²) in [6, 6.07) is 2.18. The van der Waals surface area contributed by atoms with E-state index in [-0.39, 0.29) is 5.54 Å². The highest BCUT2D eigenvalue weighted by molar-refractivity contribution is 5.56. The van der Waals surface area contributed by atoms with Gasteiger partial charge in [0.25, 0.3) is 0 Å². The van der Waals surface area contributed by atoms with Crippen molar-refractivity contribution >= 4 is 0 Å². The molecule has 1 N–H and O–H groups in total. The third-order valence-corrected chi connectivity index (χ3v) is 4.36. The van der Waals surface area contributed by atoms with Gasteiger partial charge in [0.1, 0.15) is 13.2 Å². The van der Waals surface area contributed by atoms with Crippen molar-refractivity contribution in [2.24, 2.45) is 0 Å². The molecule has 1 aromatic rings. The second kappa shape index (κ2) is 4.16. The van der Waals surface area contributed by atoms with Crippen molar-refractivity contribution in [3.05, 3.63) is 22.8 Å². The number of hydrogen-bond acceptors (Lipinski definition) is 3. The van der Waals surface area contributed by atoms with Crippen LogP contribution in [-0.4, -0.2) is 19.8 Å². The Bertz CT molecular complexity index is 476. The van der Waals surface area contributed by atoms with E-state index in [0.717, 1.165) is 18.0 Å². The SMILES string of the molecule is Cc1c(C2(C)CCCN2)cc2c(c1C)OCCO2. The first-order valence-corrected chi connectivity index (χ1v) is 6.77. The number of hydrogen-bond donors (Lipinski definition) is 1. The van der Waals surface area contributed by atoms with E-state index >= 15 is 0 Å². The molecule has 98 valence electrons. The van der Waals surface area contributed by atoms with Crippen molar-refractivity contribution in [2.75, 3.05) is 19.8 Å². The molecule has 0 aliphatic carbocycles. The highest BCUT2D eigenvalue weighted by atomic mass is 16.6. The van der Waals surface area contributed by atoms with Crippen molar-refractivity contribution in [1.82, 2.24) is 5.32 Å². The maximum absolute atomic E-state index is 5.75. The van der Waals surface area contributed by atoms with Crippen LogP contribution >= 0.6 is 0 Å². The lowest BCUT2D eigenvalue weighted by Gasteiger charge is -2.31. The van der Waals surface area contributed by atoms with Gasteiger partial charge in [-0.1, -0.05) is 0 Å². The molecule has 0 amide bonds. The van der Waals surface area contributed by atoms with Crippen LogP contribution in [0.25, 0.3) is 0 Å². The van der Waals surface area contributed by atoms with Crippen LogP contribution in [0.1, 0.15) is 36.5 Å². The van der Waals surface area contributed by atoms with Crippen LogP contribution in [0.4, 0.5) is 0 Å². The van der Waals surface area contributed by atoms with E-state index in [2.05, 4.69) is 32.2 Å². The van der Waals surface area contributed by atoms with Gasteiger partial charge in [-0.15, -0.1) is 0 Å². The van der Waals surface area contributed by atoms with Crippen molar-refractivity contribution in [3.63, 3.8) is 0 Å². The van der Waals surface area contributed by atoms with E-state index < -0.39 is 0 Å². The van der Waals surface area contributed by atoms with Gasteiger partial charge in [-0.2, -0.15) is 0 Å². The quantitative estimate of drug-likeness (QED) is 0.827. The third kappa shape index (κ3) is 1.69. The monoisotopic (exact) mass is 247 g/mol. The third-order valence-electron chi connectivity index (χ3n) is 4.36. The predicted octanol–water partition coefficient (Wildman–Crippen LogP) is 2.67. The molecular formula is C15H21NO2. The van der Waals surface area contributed by atoms with Crippen LogP contribution in [-0.2, 0) is 5.54 Å².